The van der Waals surface area contributed by atoms with Crippen LogP contribution in [0.4, 0.5) is 0 Å². The average molecular weight is 350 g/mol. The highest BCUT2D eigenvalue weighted by Crippen LogP contribution is 2.28. The van der Waals surface area contributed by atoms with Gasteiger partial charge in [-0.3, -0.25) is 4.98 Å². The van der Waals surface area contributed by atoms with Crippen LogP contribution in [0.25, 0.3) is 0 Å². The fraction of sp³-hybridized carbons (Fsp3) is 0.583. The third-order valence-electron chi connectivity index (χ3n) is 2.93. The molecule has 0 amide bonds. The van der Waals surface area contributed by atoms with E-state index in [0.29, 0.717) is 5.92 Å². The van der Waals surface area contributed by atoms with E-state index in [0.717, 1.165) is 21.1 Å². The van der Waals surface area contributed by atoms with Crippen molar-refractivity contribution in [3.05, 3.63) is 26.9 Å². The molecule has 2 nitrogen and oxygen atoms in total. The topological polar surface area (TPSA) is 38.9 Å². The molecule has 1 atom stereocenters. The van der Waals surface area contributed by atoms with Crippen LogP contribution in [0.5, 0.6) is 0 Å². The maximum atomic E-state index is 6.19. The monoisotopic (exact) mass is 348 g/mol. The summed E-state index contributed by atoms with van der Waals surface area (Å²) < 4.78 is 1.96. The fourth-order valence-electron chi connectivity index (χ4n) is 1.79. The third kappa shape index (κ3) is 3.82. The van der Waals surface area contributed by atoms with Crippen molar-refractivity contribution in [1.29, 1.82) is 0 Å². The summed E-state index contributed by atoms with van der Waals surface area (Å²) in [7, 11) is 0. The Bertz CT molecular complexity index is 338. The predicted octanol–water partition coefficient (Wildman–Crippen LogP) is 4.43. The van der Waals surface area contributed by atoms with E-state index in [9.17, 15) is 0 Å². The number of aromatic nitrogens is 1. The Labute approximate surface area is 114 Å². The van der Waals surface area contributed by atoms with Crippen LogP contribution in [0.2, 0.25) is 0 Å². The molecule has 0 aliphatic carbocycles. The van der Waals surface area contributed by atoms with E-state index in [4.69, 9.17) is 5.73 Å². The molecule has 0 spiro atoms. The van der Waals surface area contributed by atoms with Gasteiger partial charge in [-0.15, -0.1) is 0 Å². The Morgan fingerprint density at radius 1 is 1.31 bits per heavy atom. The van der Waals surface area contributed by atoms with Crippen LogP contribution in [-0.2, 0) is 0 Å². The first-order valence-electron chi connectivity index (χ1n) is 5.65. The number of hydrogen-bond donors (Lipinski definition) is 1. The maximum absolute atomic E-state index is 6.19. The van der Waals surface area contributed by atoms with E-state index in [1.165, 1.54) is 12.8 Å². The number of nitrogens with zero attached hydrogens (tertiary/aromatic N) is 1. The van der Waals surface area contributed by atoms with Crippen molar-refractivity contribution in [3.8, 4) is 0 Å². The highest BCUT2D eigenvalue weighted by Gasteiger charge is 2.15. The molecular formula is C12H18Br2N2. The molecule has 16 heavy (non-hydrogen) atoms. The minimum Gasteiger partial charge on any atom is -0.323 e. The summed E-state index contributed by atoms with van der Waals surface area (Å²) in [5.41, 5.74) is 7.14. The van der Waals surface area contributed by atoms with E-state index < -0.39 is 0 Å². The molecule has 0 aliphatic heterocycles. The maximum Gasteiger partial charge on any atom is 0.0713 e. The van der Waals surface area contributed by atoms with E-state index in [1.54, 1.807) is 6.20 Å². The quantitative estimate of drug-likeness (QED) is 0.853. The third-order valence-corrected chi connectivity index (χ3v) is 4.00. The van der Waals surface area contributed by atoms with Gasteiger partial charge in [0.2, 0.25) is 0 Å². The standard InChI is InChI=1S/C12H18Br2N2/c1-3-8(4-2)5-11(15)12-10(14)6-9(13)7-16-12/h6-8,11H,3-5,15H2,1-2H3. The first-order chi connectivity index (χ1) is 7.58. The SMILES string of the molecule is CCC(CC)CC(N)c1ncc(Br)cc1Br. The van der Waals surface area contributed by atoms with Gasteiger partial charge in [-0.1, -0.05) is 26.7 Å². The molecule has 90 valence electrons. The first-order valence-corrected chi connectivity index (χ1v) is 7.23. The number of rotatable bonds is 5. The van der Waals surface area contributed by atoms with Gasteiger partial charge in [0.15, 0.2) is 0 Å². The number of nitrogens with two attached hydrogens (primary N) is 1. The Balaban J connectivity index is 2.76. The molecule has 1 unspecified atom stereocenters. The average Bonchev–Trinajstić information content (AvgIpc) is 2.25. The number of halogens is 2. The van der Waals surface area contributed by atoms with Crippen LogP contribution in [0, 0.1) is 5.92 Å². The molecule has 1 aromatic rings. The van der Waals surface area contributed by atoms with Crippen molar-refractivity contribution >= 4 is 31.9 Å². The van der Waals surface area contributed by atoms with Crippen LogP contribution in [0.3, 0.4) is 0 Å². The lowest BCUT2D eigenvalue weighted by Gasteiger charge is -2.18. The van der Waals surface area contributed by atoms with Crippen molar-refractivity contribution in [2.24, 2.45) is 11.7 Å². The molecular weight excluding hydrogens is 332 g/mol. The smallest absolute Gasteiger partial charge is 0.0713 e. The van der Waals surface area contributed by atoms with E-state index in [-0.39, 0.29) is 6.04 Å². The van der Waals surface area contributed by atoms with Gasteiger partial charge in [0, 0.05) is 21.2 Å². The molecule has 0 radical (unpaired) electrons. The van der Waals surface area contributed by atoms with Gasteiger partial charge in [-0.05, 0) is 50.3 Å². The molecule has 0 saturated heterocycles. The Kier molecular flexibility index (Phi) is 5.94. The van der Waals surface area contributed by atoms with Gasteiger partial charge < -0.3 is 5.73 Å². The summed E-state index contributed by atoms with van der Waals surface area (Å²) in [6.07, 6.45) is 5.16. The first kappa shape index (κ1) is 14.1. The fourth-order valence-corrected chi connectivity index (χ4v) is 3.07. The molecule has 0 aliphatic rings. The largest absolute Gasteiger partial charge is 0.323 e. The Morgan fingerprint density at radius 2 is 1.94 bits per heavy atom. The molecule has 1 aromatic heterocycles. The molecule has 0 bridgehead atoms. The zero-order valence-electron chi connectivity index (χ0n) is 9.71. The summed E-state index contributed by atoms with van der Waals surface area (Å²) in [5, 5.41) is 0. The van der Waals surface area contributed by atoms with E-state index >= 15 is 0 Å². The van der Waals surface area contributed by atoms with Gasteiger partial charge in [0.25, 0.3) is 0 Å². The summed E-state index contributed by atoms with van der Waals surface area (Å²) in [5.74, 6) is 0.687. The lowest BCUT2D eigenvalue weighted by atomic mass is 9.93. The molecule has 0 aromatic carbocycles. The molecule has 4 heteroatoms. The predicted molar refractivity (Wildman–Crippen MR) is 75.3 cm³/mol. The minimum atomic E-state index is 0.0207. The van der Waals surface area contributed by atoms with Crippen molar-refractivity contribution in [1.82, 2.24) is 4.98 Å². The van der Waals surface area contributed by atoms with Gasteiger partial charge in [0.05, 0.1) is 5.69 Å². The van der Waals surface area contributed by atoms with Gasteiger partial charge in [-0.25, -0.2) is 0 Å². The van der Waals surface area contributed by atoms with Crippen LogP contribution in [-0.4, -0.2) is 4.98 Å². The van der Waals surface area contributed by atoms with Crippen LogP contribution >= 0.6 is 31.9 Å². The summed E-state index contributed by atoms with van der Waals surface area (Å²) in [6, 6.07) is 2.02. The number of pyridine rings is 1. The van der Waals surface area contributed by atoms with Gasteiger partial charge >= 0.3 is 0 Å². The van der Waals surface area contributed by atoms with Crippen molar-refractivity contribution in [3.63, 3.8) is 0 Å². The minimum absolute atomic E-state index is 0.0207. The Hall–Kier alpha value is 0.0700. The Morgan fingerprint density at radius 3 is 2.44 bits per heavy atom. The molecule has 0 fully saturated rings. The molecule has 1 heterocycles. The van der Waals surface area contributed by atoms with E-state index in [1.807, 2.05) is 6.07 Å². The highest BCUT2D eigenvalue weighted by molar-refractivity contribution is 9.11. The van der Waals surface area contributed by atoms with Crippen LogP contribution < -0.4 is 5.73 Å². The molecule has 0 saturated carbocycles. The normalized spacial score (nSPS) is 13.1. The number of hydrogen-bond acceptors (Lipinski definition) is 2. The summed E-state index contributed by atoms with van der Waals surface area (Å²) in [4.78, 5) is 4.38. The summed E-state index contributed by atoms with van der Waals surface area (Å²) in [6.45, 7) is 4.43. The van der Waals surface area contributed by atoms with Crippen molar-refractivity contribution < 1.29 is 0 Å². The van der Waals surface area contributed by atoms with Gasteiger partial charge in [0.1, 0.15) is 0 Å². The second-order valence-corrected chi connectivity index (χ2v) is 5.82. The second-order valence-electron chi connectivity index (χ2n) is 4.05. The highest BCUT2D eigenvalue weighted by atomic mass is 79.9. The molecule has 2 N–H and O–H groups in total. The van der Waals surface area contributed by atoms with Crippen LogP contribution in [0.15, 0.2) is 21.2 Å². The molecule has 1 rings (SSSR count). The van der Waals surface area contributed by atoms with Crippen molar-refractivity contribution in [2.75, 3.05) is 0 Å². The second kappa shape index (κ2) is 6.72. The van der Waals surface area contributed by atoms with Gasteiger partial charge in [-0.2, -0.15) is 0 Å². The zero-order valence-corrected chi connectivity index (χ0v) is 12.9. The van der Waals surface area contributed by atoms with E-state index in [2.05, 4.69) is 50.7 Å². The van der Waals surface area contributed by atoms with Crippen molar-refractivity contribution in [2.45, 2.75) is 39.2 Å². The van der Waals surface area contributed by atoms with Crippen LogP contribution in [0.1, 0.15) is 44.8 Å². The lowest BCUT2D eigenvalue weighted by Crippen LogP contribution is -2.16. The summed E-state index contributed by atoms with van der Waals surface area (Å²) >= 11 is 6.90. The lowest BCUT2D eigenvalue weighted by molar-refractivity contribution is 0.410. The zero-order chi connectivity index (χ0) is 12.1.